The van der Waals surface area contributed by atoms with Gasteiger partial charge in [-0.15, -0.1) is 0 Å². The quantitative estimate of drug-likeness (QED) is 0.321. The van der Waals surface area contributed by atoms with Gasteiger partial charge in [-0.25, -0.2) is 23.5 Å². The molecule has 0 unspecified atom stereocenters. The van der Waals surface area contributed by atoms with E-state index in [-0.39, 0.29) is 29.6 Å². The zero-order valence-corrected chi connectivity index (χ0v) is 20.0. The van der Waals surface area contributed by atoms with Crippen molar-refractivity contribution in [3.8, 4) is 17.2 Å². The number of hydrogen-bond donors (Lipinski definition) is 3. The molecule has 0 saturated heterocycles. The average Bonchev–Trinajstić information content (AvgIpc) is 3.46. The molecule has 2 aromatic heterocycles. The first kappa shape index (κ1) is 22.8. The minimum Gasteiger partial charge on any atom is -0.454 e. The van der Waals surface area contributed by atoms with Crippen molar-refractivity contribution in [3.05, 3.63) is 77.9 Å². The van der Waals surface area contributed by atoms with Crippen LogP contribution in [0.25, 0.3) is 27.9 Å². The number of benzene rings is 3. The van der Waals surface area contributed by atoms with E-state index in [9.17, 15) is 13.2 Å². The number of ether oxygens (including phenoxy) is 2. The predicted molar refractivity (Wildman–Crippen MR) is 136 cm³/mol. The number of nitrogen functional groups attached to an aromatic ring is 1. The van der Waals surface area contributed by atoms with Gasteiger partial charge in [-0.2, -0.15) is 0 Å². The molecule has 1 amide bonds. The summed E-state index contributed by atoms with van der Waals surface area (Å²) in [5.41, 5.74) is 9.87. The highest BCUT2D eigenvalue weighted by Gasteiger charge is 2.25. The number of aromatic nitrogens is 3. The number of anilines is 1. The first-order valence-electron chi connectivity index (χ1n) is 11.2. The summed E-state index contributed by atoms with van der Waals surface area (Å²) in [6.07, 6.45) is 0. The number of amides is 1. The molecule has 0 atom stereocenters. The molecule has 0 radical (unpaired) electrons. The fourth-order valence-corrected chi connectivity index (χ4v) is 4.77. The van der Waals surface area contributed by atoms with Crippen LogP contribution >= 0.6 is 0 Å². The van der Waals surface area contributed by atoms with E-state index in [1.165, 1.54) is 12.1 Å². The molecule has 0 aliphatic carbocycles. The monoisotopic (exact) mass is 516 g/mol. The van der Waals surface area contributed by atoms with E-state index in [4.69, 9.17) is 25.3 Å². The fourth-order valence-electron chi connectivity index (χ4n) is 4.25. The number of sulfonamides is 1. The van der Waals surface area contributed by atoms with Crippen LogP contribution < -0.4 is 25.7 Å². The summed E-state index contributed by atoms with van der Waals surface area (Å²) in [5, 5.41) is 8.12. The van der Waals surface area contributed by atoms with Gasteiger partial charge in [-0.05, 0) is 54.1 Å². The standard InChI is InChI=1S/C25H20N6O5S/c26-23-21(25(32)28-12-14-5-10-19-20(11-14)36-13-35-19)22-24(30-18-4-2-1-3-17(18)29-22)31(23)15-6-8-16(9-7-15)37(27,33)34/h1-11H,12-13,26H2,(H,28,32)(H2,27,33,34). The van der Waals surface area contributed by atoms with E-state index in [0.29, 0.717) is 39.4 Å². The van der Waals surface area contributed by atoms with E-state index < -0.39 is 15.9 Å². The van der Waals surface area contributed by atoms with Gasteiger partial charge in [0.1, 0.15) is 16.9 Å². The number of primary sulfonamides is 1. The highest BCUT2D eigenvalue weighted by molar-refractivity contribution is 7.89. The average molecular weight is 517 g/mol. The summed E-state index contributed by atoms with van der Waals surface area (Å²) in [4.78, 5) is 22.8. The van der Waals surface area contributed by atoms with Crippen molar-refractivity contribution in [1.82, 2.24) is 19.9 Å². The lowest BCUT2D eigenvalue weighted by Crippen LogP contribution is -2.24. The number of rotatable bonds is 5. The van der Waals surface area contributed by atoms with Gasteiger partial charge in [0.2, 0.25) is 16.8 Å². The van der Waals surface area contributed by atoms with Crippen molar-refractivity contribution in [2.75, 3.05) is 12.5 Å². The van der Waals surface area contributed by atoms with Crippen molar-refractivity contribution in [2.45, 2.75) is 11.4 Å². The summed E-state index contributed by atoms with van der Waals surface area (Å²) >= 11 is 0. The number of para-hydroxylation sites is 2. The van der Waals surface area contributed by atoms with Gasteiger partial charge in [0.15, 0.2) is 17.1 Å². The van der Waals surface area contributed by atoms with E-state index in [2.05, 4.69) is 10.3 Å². The van der Waals surface area contributed by atoms with Crippen molar-refractivity contribution >= 4 is 43.9 Å². The molecule has 0 fully saturated rings. The summed E-state index contributed by atoms with van der Waals surface area (Å²) in [7, 11) is -3.88. The van der Waals surface area contributed by atoms with Crippen molar-refractivity contribution < 1.29 is 22.7 Å². The van der Waals surface area contributed by atoms with Gasteiger partial charge in [-0.1, -0.05) is 18.2 Å². The third-order valence-electron chi connectivity index (χ3n) is 6.04. The Balaban J connectivity index is 1.44. The third-order valence-corrected chi connectivity index (χ3v) is 6.97. The first-order valence-corrected chi connectivity index (χ1v) is 12.7. The lowest BCUT2D eigenvalue weighted by molar-refractivity contribution is 0.0953. The van der Waals surface area contributed by atoms with Crippen molar-refractivity contribution in [3.63, 3.8) is 0 Å². The molecule has 0 spiro atoms. The van der Waals surface area contributed by atoms with E-state index in [1.807, 2.05) is 18.2 Å². The molecule has 1 aliphatic heterocycles. The summed E-state index contributed by atoms with van der Waals surface area (Å²) in [6.45, 7) is 0.373. The van der Waals surface area contributed by atoms with Crippen LogP contribution in [0.5, 0.6) is 11.5 Å². The van der Waals surface area contributed by atoms with Gasteiger partial charge in [0.05, 0.1) is 15.9 Å². The number of fused-ring (bicyclic) bond motifs is 3. The van der Waals surface area contributed by atoms with Crippen LogP contribution in [0, 0.1) is 0 Å². The normalized spacial score (nSPS) is 12.8. The van der Waals surface area contributed by atoms with Crippen LogP contribution in [-0.2, 0) is 16.6 Å². The molecule has 12 heteroatoms. The SMILES string of the molecule is Nc1c(C(=O)NCc2ccc3c(c2)OCO3)c2nc3ccccc3nc2n1-c1ccc(S(N)(=O)=O)cc1. The predicted octanol–water partition coefficient (Wildman–Crippen LogP) is 2.46. The summed E-state index contributed by atoms with van der Waals surface area (Å²) < 4.78 is 35.7. The molecule has 11 nitrogen and oxygen atoms in total. The topological polar surface area (TPSA) is 164 Å². The second kappa shape index (κ2) is 8.47. The van der Waals surface area contributed by atoms with Gasteiger partial charge in [0, 0.05) is 12.2 Å². The Kier molecular flexibility index (Phi) is 5.21. The minimum atomic E-state index is -3.88. The van der Waals surface area contributed by atoms with Crippen LogP contribution in [0.3, 0.4) is 0 Å². The number of nitrogens with one attached hydrogen (secondary N) is 1. The van der Waals surface area contributed by atoms with Gasteiger partial charge >= 0.3 is 0 Å². The van der Waals surface area contributed by atoms with Crippen LogP contribution in [0.15, 0.2) is 71.6 Å². The lowest BCUT2D eigenvalue weighted by atomic mass is 10.2. The van der Waals surface area contributed by atoms with Crippen LogP contribution in [0.2, 0.25) is 0 Å². The molecule has 37 heavy (non-hydrogen) atoms. The maximum Gasteiger partial charge on any atom is 0.257 e. The Labute approximate surface area is 210 Å². The smallest absolute Gasteiger partial charge is 0.257 e. The Hall–Kier alpha value is -4.68. The lowest BCUT2D eigenvalue weighted by Gasteiger charge is -2.09. The summed E-state index contributed by atoms with van der Waals surface area (Å²) in [5.74, 6) is 0.933. The second-order valence-corrected chi connectivity index (χ2v) is 9.95. The van der Waals surface area contributed by atoms with E-state index >= 15 is 0 Å². The van der Waals surface area contributed by atoms with Gasteiger partial charge < -0.3 is 20.5 Å². The Bertz CT molecular complexity index is 1820. The molecule has 0 saturated carbocycles. The molecule has 0 bridgehead atoms. The summed E-state index contributed by atoms with van der Waals surface area (Å²) in [6, 6.07) is 18.5. The number of carbonyl (C=O) groups excluding carboxylic acids is 1. The minimum absolute atomic E-state index is 0.0514. The van der Waals surface area contributed by atoms with E-state index in [0.717, 1.165) is 5.56 Å². The number of carbonyl (C=O) groups is 1. The molecular formula is C25H20N6O5S. The molecule has 5 N–H and O–H groups in total. The van der Waals surface area contributed by atoms with Crippen LogP contribution in [-0.4, -0.2) is 35.7 Å². The molecule has 3 aromatic carbocycles. The number of hydrogen-bond acceptors (Lipinski definition) is 8. The second-order valence-electron chi connectivity index (χ2n) is 8.39. The maximum atomic E-state index is 13.4. The van der Waals surface area contributed by atoms with E-state index in [1.54, 1.807) is 41.0 Å². The van der Waals surface area contributed by atoms with Crippen molar-refractivity contribution in [1.29, 1.82) is 0 Å². The van der Waals surface area contributed by atoms with Gasteiger partial charge in [-0.3, -0.25) is 9.36 Å². The highest BCUT2D eigenvalue weighted by atomic mass is 32.2. The Morgan fingerprint density at radius 2 is 1.68 bits per heavy atom. The fraction of sp³-hybridized carbons (Fsp3) is 0.0800. The number of nitrogens with zero attached hydrogens (tertiary/aromatic N) is 3. The van der Waals surface area contributed by atoms with Gasteiger partial charge in [0.25, 0.3) is 5.91 Å². The zero-order chi connectivity index (χ0) is 25.7. The van der Waals surface area contributed by atoms with Crippen LogP contribution in [0.1, 0.15) is 15.9 Å². The first-order chi connectivity index (χ1) is 17.8. The molecule has 6 rings (SSSR count). The third kappa shape index (κ3) is 3.97. The molecular weight excluding hydrogens is 496 g/mol. The Morgan fingerprint density at radius 3 is 2.41 bits per heavy atom. The molecule has 1 aliphatic rings. The van der Waals surface area contributed by atoms with Crippen LogP contribution in [0.4, 0.5) is 5.82 Å². The highest BCUT2D eigenvalue weighted by Crippen LogP contribution is 2.33. The maximum absolute atomic E-state index is 13.4. The zero-order valence-electron chi connectivity index (χ0n) is 19.2. The number of nitrogens with two attached hydrogens (primary N) is 2. The molecule has 186 valence electrons. The molecule has 5 aromatic rings. The molecule has 3 heterocycles. The largest absolute Gasteiger partial charge is 0.454 e. The van der Waals surface area contributed by atoms with Crippen molar-refractivity contribution in [2.24, 2.45) is 5.14 Å². The Morgan fingerprint density at radius 1 is 0.973 bits per heavy atom.